The van der Waals surface area contributed by atoms with Gasteiger partial charge in [0.1, 0.15) is 0 Å². The Bertz CT molecular complexity index is 759. The summed E-state index contributed by atoms with van der Waals surface area (Å²) in [5.74, 6) is 0.985. The van der Waals surface area contributed by atoms with Crippen LogP contribution in [0.15, 0.2) is 42.5 Å². The summed E-state index contributed by atoms with van der Waals surface area (Å²) in [6, 6.07) is 12.4. The second-order valence-electron chi connectivity index (χ2n) is 5.78. The Morgan fingerprint density at radius 1 is 1.08 bits per heavy atom. The van der Waals surface area contributed by atoms with Gasteiger partial charge in [0.15, 0.2) is 17.3 Å². The van der Waals surface area contributed by atoms with Crippen molar-refractivity contribution in [3.8, 4) is 11.5 Å². The number of carbonyl (C=O) groups is 2. The van der Waals surface area contributed by atoms with E-state index in [0.717, 1.165) is 5.56 Å². The molecule has 0 fully saturated rings. The molecule has 0 aliphatic rings. The minimum Gasteiger partial charge on any atom is -0.493 e. The Hall–Kier alpha value is -2.53. The summed E-state index contributed by atoms with van der Waals surface area (Å²) in [7, 11) is 1.52. The number of hydrogen-bond donors (Lipinski definition) is 1. The van der Waals surface area contributed by atoms with Crippen molar-refractivity contribution in [1.82, 2.24) is 5.32 Å². The van der Waals surface area contributed by atoms with Gasteiger partial charge in [-0.3, -0.25) is 9.59 Å². The van der Waals surface area contributed by atoms with E-state index < -0.39 is 0 Å². The first-order chi connectivity index (χ1) is 12.5. The number of halogens is 1. The van der Waals surface area contributed by atoms with Gasteiger partial charge in [-0.05, 0) is 49.2 Å². The summed E-state index contributed by atoms with van der Waals surface area (Å²) in [5, 5.41) is 3.53. The number of carbonyl (C=O) groups excluding carboxylic acids is 2. The Balaban J connectivity index is 1.73. The number of amides is 1. The van der Waals surface area contributed by atoms with Gasteiger partial charge in [-0.2, -0.15) is 0 Å². The first-order valence-electron chi connectivity index (χ1n) is 8.32. The molecule has 1 N–H and O–H groups in total. The molecule has 26 heavy (non-hydrogen) atoms. The molecule has 0 bridgehead atoms. The van der Waals surface area contributed by atoms with Crippen LogP contribution in [0.2, 0.25) is 5.02 Å². The van der Waals surface area contributed by atoms with E-state index in [1.165, 1.54) is 14.0 Å². The van der Waals surface area contributed by atoms with Gasteiger partial charge < -0.3 is 14.8 Å². The highest BCUT2D eigenvalue weighted by Crippen LogP contribution is 2.28. The van der Waals surface area contributed by atoms with Crippen molar-refractivity contribution in [2.45, 2.75) is 26.3 Å². The van der Waals surface area contributed by atoms with E-state index in [1.807, 2.05) is 12.1 Å². The van der Waals surface area contributed by atoms with E-state index in [1.54, 1.807) is 30.3 Å². The van der Waals surface area contributed by atoms with Crippen LogP contribution in [-0.2, 0) is 11.3 Å². The Labute approximate surface area is 158 Å². The maximum atomic E-state index is 11.9. The monoisotopic (exact) mass is 375 g/mol. The van der Waals surface area contributed by atoms with Crippen molar-refractivity contribution in [1.29, 1.82) is 0 Å². The lowest BCUT2D eigenvalue weighted by atomic mass is 10.1. The van der Waals surface area contributed by atoms with E-state index in [9.17, 15) is 9.59 Å². The third-order valence-electron chi connectivity index (χ3n) is 3.78. The second kappa shape index (κ2) is 9.82. The molecule has 0 aliphatic heterocycles. The third-order valence-corrected chi connectivity index (χ3v) is 4.03. The number of ether oxygens (including phenoxy) is 2. The van der Waals surface area contributed by atoms with E-state index >= 15 is 0 Å². The minimum atomic E-state index is -0.0394. The van der Waals surface area contributed by atoms with Crippen LogP contribution in [-0.4, -0.2) is 25.4 Å². The molecule has 138 valence electrons. The maximum absolute atomic E-state index is 11.9. The SMILES string of the molecule is COc1cc(C(C)=O)ccc1OCCCC(=O)NCc1ccc(Cl)cc1. The Morgan fingerprint density at radius 3 is 2.46 bits per heavy atom. The average Bonchev–Trinajstić information content (AvgIpc) is 2.64. The number of benzene rings is 2. The lowest BCUT2D eigenvalue weighted by Crippen LogP contribution is -2.22. The highest BCUT2D eigenvalue weighted by atomic mass is 35.5. The average molecular weight is 376 g/mol. The fraction of sp³-hybridized carbons (Fsp3) is 0.300. The first-order valence-corrected chi connectivity index (χ1v) is 8.70. The molecule has 0 saturated heterocycles. The zero-order chi connectivity index (χ0) is 18.9. The normalized spacial score (nSPS) is 10.3. The van der Waals surface area contributed by atoms with Crippen LogP contribution in [0.1, 0.15) is 35.7 Å². The quantitative estimate of drug-likeness (QED) is 0.531. The molecule has 2 rings (SSSR count). The fourth-order valence-corrected chi connectivity index (χ4v) is 2.44. The molecule has 5 nitrogen and oxygen atoms in total. The predicted octanol–water partition coefficient (Wildman–Crippen LogP) is 4.03. The van der Waals surface area contributed by atoms with Crippen molar-refractivity contribution >= 4 is 23.3 Å². The van der Waals surface area contributed by atoms with E-state index in [2.05, 4.69) is 5.32 Å². The molecule has 6 heteroatoms. The van der Waals surface area contributed by atoms with Crippen molar-refractivity contribution in [2.24, 2.45) is 0 Å². The number of ketones is 1. The van der Waals surface area contributed by atoms with Crippen molar-refractivity contribution in [2.75, 3.05) is 13.7 Å². The standard InChI is InChI=1S/C20H22ClNO4/c1-14(23)16-7-10-18(19(12-16)25-2)26-11-3-4-20(24)22-13-15-5-8-17(21)9-6-15/h5-10,12H,3-4,11,13H2,1-2H3,(H,22,24). The van der Waals surface area contributed by atoms with Gasteiger partial charge >= 0.3 is 0 Å². The molecule has 0 radical (unpaired) electrons. The van der Waals surface area contributed by atoms with Crippen LogP contribution in [0, 0.1) is 0 Å². The molecule has 0 saturated carbocycles. The molecule has 0 spiro atoms. The molecule has 0 atom stereocenters. The van der Waals surface area contributed by atoms with Gasteiger partial charge in [0.2, 0.25) is 5.91 Å². The maximum Gasteiger partial charge on any atom is 0.220 e. The van der Waals surface area contributed by atoms with Crippen molar-refractivity contribution < 1.29 is 19.1 Å². The smallest absolute Gasteiger partial charge is 0.220 e. The van der Waals surface area contributed by atoms with Crippen LogP contribution in [0.4, 0.5) is 0 Å². The molecule has 2 aromatic carbocycles. The Morgan fingerprint density at radius 2 is 1.81 bits per heavy atom. The summed E-state index contributed by atoms with van der Waals surface area (Å²) < 4.78 is 10.9. The largest absolute Gasteiger partial charge is 0.493 e. The molecule has 0 unspecified atom stereocenters. The van der Waals surface area contributed by atoms with E-state index in [0.29, 0.717) is 48.1 Å². The van der Waals surface area contributed by atoms with Crippen LogP contribution in [0.5, 0.6) is 11.5 Å². The van der Waals surface area contributed by atoms with Crippen LogP contribution in [0.3, 0.4) is 0 Å². The second-order valence-corrected chi connectivity index (χ2v) is 6.21. The highest BCUT2D eigenvalue weighted by molar-refractivity contribution is 6.30. The predicted molar refractivity (Wildman–Crippen MR) is 101 cm³/mol. The molecule has 0 aromatic heterocycles. The summed E-state index contributed by atoms with van der Waals surface area (Å²) in [5.41, 5.74) is 1.56. The van der Waals surface area contributed by atoms with Gasteiger partial charge in [0, 0.05) is 23.6 Å². The van der Waals surface area contributed by atoms with E-state index in [-0.39, 0.29) is 11.7 Å². The fourth-order valence-electron chi connectivity index (χ4n) is 2.31. The van der Waals surface area contributed by atoms with Gasteiger partial charge in [-0.25, -0.2) is 0 Å². The topological polar surface area (TPSA) is 64.6 Å². The Kier molecular flexibility index (Phi) is 7.48. The minimum absolute atomic E-state index is 0.0350. The van der Waals surface area contributed by atoms with Crippen molar-refractivity contribution in [3.05, 3.63) is 58.6 Å². The molecule has 0 heterocycles. The number of rotatable bonds is 9. The molecule has 0 aliphatic carbocycles. The van der Waals surface area contributed by atoms with Crippen molar-refractivity contribution in [3.63, 3.8) is 0 Å². The van der Waals surface area contributed by atoms with Gasteiger partial charge in [-0.15, -0.1) is 0 Å². The number of methoxy groups -OCH3 is 1. The first kappa shape index (κ1) is 19.8. The molecular formula is C20H22ClNO4. The highest BCUT2D eigenvalue weighted by Gasteiger charge is 2.09. The molecule has 1 amide bonds. The van der Waals surface area contributed by atoms with Gasteiger partial charge in [0.25, 0.3) is 0 Å². The lowest BCUT2D eigenvalue weighted by molar-refractivity contribution is -0.121. The van der Waals surface area contributed by atoms with Crippen LogP contribution < -0.4 is 14.8 Å². The van der Waals surface area contributed by atoms with Crippen LogP contribution >= 0.6 is 11.6 Å². The lowest BCUT2D eigenvalue weighted by Gasteiger charge is -2.11. The number of hydrogen-bond acceptors (Lipinski definition) is 4. The number of Topliss-reactive ketones (excluding diaryl/α,β-unsaturated/α-hetero) is 1. The zero-order valence-corrected chi connectivity index (χ0v) is 15.6. The summed E-state index contributed by atoms with van der Waals surface area (Å²) in [6.07, 6.45) is 0.936. The summed E-state index contributed by atoms with van der Waals surface area (Å²) in [6.45, 7) is 2.35. The summed E-state index contributed by atoms with van der Waals surface area (Å²) in [4.78, 5) is 23.3. The zero-order valence-electron chi connectivity index (χ0n) is 14.9. The van der Waals surface area contributed by atoms with E-state index in [4.69, 9.17) is 21.1 Å². The molecular weight excluding hydrogens is 354 g/mol. The van der Waals surface area contributed by atoms with Gasteiger partial charge in [-0.1, -0.05) is 23.7 Å². The number of nitrogens with one attached hydrogen (secondary N) is 1. The van der Waals surface area contributed by atoms with Gasteiger partial charge in [0.05, 0.1) is 13.7 Å². The third kappa shape index (κ3) is 6.08. The summed E-state index contributed by atoms with van der Waals surface area (Å²) >= 11 is 5.83. The molecule has 2 aromatic rings. The van der Waals surface area contributed by atoms with Crippen LogP contribution in [0.25, 0.3) is 0 Å².